The van der Waals surface area contributed by atoms with Crippen LogP contribution in [-0.4, -0.2) is 52.9 Å². The number of rotatable bonds is 4. The fraction of sp³-hybridized carbons (Fsp3) is 0.643. The average molecular weight is 289 g/mol. The zero-order valence-electron chi connectivity index (χ0n) is 11.9. The van der Waals surface area contributed by atoms with Gasteiger partial charge < -0.3 is 10.1 Å². The highest BCUT2D eigenvalue weighted by Gasteiger charge is 2.21. The first-order valence-electron chi connectivity index (χ1n) is 7.32. The molecule has 7 heteroatoms. The van der Waals surface area contributed by atoms with Crippen LogP contribution in [0.3, 0.4) is 0 Å². The van der Waals surface area contributed by atoms with E-state index in [1.54, 1.807) is 6.07 Å². The highest BCUT2D eigenvalue weighted by atomic mass is 16.5. The predicted octanol–water partition coefficient (Wildman–Crippen LogP) is -0.134. The first-order chi connectivity index (χ1) is 10.2. The highest BCUT2D eigenvalue weighted by Crippen LogP contribution is 2.13. The second-order valence-corrected chi connectivity index (χ2v) is 5.51. The van der Waals surface area contributed by atoms with Crippen molar-refractivity contribution < 1.29 is 9.53 Å². The SMILES string of the molecule is N#Cc1cc2n(n1)CCN(CC(=O)NC[C@@H]1CCCO1)C2. The van der Waals surface area contributed by atoms with E-state index in [4.69, 9.17) is 10.00 Å². The molecule has 1 aromatic heterocycles. The summed E-state index contributed by atoms with van der Waals surface area (Å²) in [6, 6.07) is 3.84. The summed E-state index contributed by atoms with van der Waals surface area (Å²) in [6.45, 7) is 3.92. The summed E-state index contributed by atoms with van der Waals surface area (Å²) in [6.07, 6.45) is 2.28. The highest BCUT2D eigenvalue weighted by molar-refractivity contribution is 5.78. The molecule has 1 saturated heterocycles. The lowest BCUT2D eigenvalue weighted by atomic mass is 10.2. The number of nitrogens with zero attached hydrogens (tertiary/aromatic N) is 4. The Labute approximate surface area is 123 Å². The molecule has 1 N–H and O–H groups in total. The molecule has 1 amide bonds. The molecule has 1 atom stereocenters. The third-order valence-electron chi connectivity index (χ3n) is 3.91. The van der Waals surface area contributed by atoms with Gasteiger partial charge >= 0.3 is 0 Å². The van der Waals surface area contributed by atoms with E-state index >= 15 is 0 Å². The number of hydrogen-bond donors (Lipinski definition) is 1. The van der Waals surface area contributed by atoms with Crippen LogP contribution in [0.4, 0.5) is 0 Å². The van der Waals surface area contributed by atoms with Gasteiger partial charge in [-0.1, -0.05) is 0 Å². The van der Waals surface area contributed by atoms with Crippen LogP contribution in [0.25, 0.3) is 0 Å². The number of nitriles is 1. The molecule has 0 spiro atoms. The lowest BCUT2D eigenvalue weighted by Crippen LogP contribution is -2.43. The van der Waals surface area contributed by atoms with Crippen LogP contribution < -0.4 is 5.32 Å². The molecule has 1 fully saturated rings. The molecule has 0 bridgehead atoms. The van der Waals surface area contributed by atoms with E-state index in [1.165, 1.54) is 0 Å². The van der Waals surface area contributed by atoms with Gasteiger partial charge in [0.1, 0.15) is 6.07 Å². The number of nitrogens with one attached hydrogen (secondary N) is 1. The van der Waals surface area contributed by atoms with Crippen molar-refractivity contribution in [2.45, 2.75) is 32.0 Å². The Kier molecular flexibility index (Phi) is 4.18. The summed E-state index contributed by atoms with van der Waals surface area (Å²) >= 11 is 0. The van der Waals surface area contributed by atoms with Gasteiger partial charge in [0.25, 0.3) is 0 Å². The monoisotopic (exact) mass is 289 g/mol. The molecular weight excluding hydrogens is 270 g/mol. The Bertz CT molecular complexity index is 556. The molecule has 0 aliphatic carbocycles. The molecule has 0 radical (unpaired) electrons. The number of carbonyl (C=O) groups excluding carboxylic acids is 1. The predicted molar refractivity (Wildman–Crippen MR) is 74.2 cm³/mol. The summed E-state index contributed by atoms with van der Waals surface area (Å²) in [5.41, 5.74) is 1.43. The molecule has 112 valence electrons. The minimum atomic E-state index is 0.0268. The number of fused-ring (bicyclic) bond motifs is 1. The molecule has 7 nitrogen and oxygen atoms in total. The van der Waals surface area contributed by atoms with Gasteiger partial charge in [-0.2, -0.15) is 10.4 Å². The first kappa shape index (κ1) is 14.0. The largest absolute Gasteiger partial charge is 0.376 e. The van der Waals surface area contributed by atoms with Crippen LogP contribution >= 0.6 is 0 Å². The van der Waals surface area contributed by atoms with Crippen molar-refractivity contribution in [2.75, 3.05) is 26.2 Å². The van der Waals surface area contributed by atoms with Crippen LogP contribution in [0.5, 0.6) is 0 Å². The first-order valence-corrected chi connectivity index (χ1v) is 7.32. The Hall–Kier alpha value is -1.91. The number of ether oxygens (including phenoxy) is 1. The van der Waals surface area contributed by atoms with Crippen LogP contribution in [0.2, 0.25) is 0 Å². The van der Waals surface area contributed by atoms with Crippen LogP contribution in [0.15, 0.2) is 6.07 Å². The smallest absolute Gasteiger partial charge is 0.234 e. The number of carbonyl (C=O) groups is 1. The van der Waals surface area contributed by atoms with Gasteiger partial charge in [-0.3, -0.25) is 14.4 Å². The van der Waals surface area contributed by atoms with Crippen molar-refractivity contribution in [2.24, 2.45) is 0 Å². The van der Waals surface area contributed by atoms with Crippen molar-refractivity contribution in [3.8, 4) is 6.07 Å². The van der Waals surface area contributed by atoms with E-state index in [0.29, 0.717) is 25.3 Å². The Morgan fingerprint density at radius 1 is 1.57 bits per heavy atom. The van der Waals surface area contributed by atoms with Gasteiger partial charge in [-0.25, -0.2) is 0 Å². The summed E-state index contributed by atoms with van der Waals surface area (Å²) in [5.74, 6) is 0.0268. The van der Waals surface area contributed by atoms with E-state index < -0.39 is 0 Å². The van der Waals surface area contributed by atoms with Crippen LogP contribution in [0, 0.1) is 11.3 Å². The quantitative estimate of drug-likeness (QED) is 0.834. The molecule has 21 heavy (non-hydrogen) atoms. The second-order valence-electron chi connectivity index (χ2n) is 5.51. The van der Waals surface area contributed by atoms with Crippen molar-refractivity contribution in [1.29, 1.82) is 5.26 Å². The number of amides is 1. The Balaban J connectivity index is 1.47. The topological polar surface area (TPSA) is 83.2 Å². The Morgan fingerprint density at radius 2 is 2.48 bits per heavy atom. The van der Waals surface area contributed by atoms with Crippen molar-refractivity contribution in [3.63, 3.8) is 0 Å². The van der Waals surface area contributed by atoms with Gasteiger partial charge in [0.2, 0.25) is 5.91 Å². The van der Waals surface area contributed by atoms with Gasteiger partial charge in [-0.15, -0.1) is 0 Å². The average Bonchev–Trinajstić information content (AvgIpc) is 3.13. The molecule has 3 heterocycles. The van der Waals surface area contributed by atoms with Gasteiger partial charge in [0.05, 0.1) is 24.9 Å². The maximum Gasteiger partial charge on any atom is 0.234 e. The molecule has 1 aromatic rings. The molecule has 0 aromatic carbocycles. The molecule has 2 aliphatic heterocycles. The lowest BCUT2D eigenvalue weighted by Gasteiger charge is -2.26. The zero-order chi connectivity index (χ0) is 14.7. The van der Waals surface area contributed by atoms with Gasteiger partial charge in [0, 0.05) is 26.2 Å². The van der Waals surface area contributed by atoms with Gasteiger partial charge in [0.15, 0.2) is 5.69 Å². The third-order valence-corrected chi connectivity index (χ3v) is 3.91. The molecular formula is C14H19N5O2. The summed E-state index contributed by atoms with van der Waals surface area (Å²) < 4.78 is 7.33. The summed E-state index contributed by atoms with van der Waals surface area (Å²) in [4.78, 5) is 14.0. The maximum absolute atomic E-state index is 12.0. The minimum Gasteiger partial charge on any atom is -0.376 e. The molecule has 2 aliphatic rings. The fourth-order valence-corrected chi connectivity index (χ4v) is 2.80. The second kappa shape index (κ2) is 6.24. The Morgan fingerprint density at radius 3 is 3.24 bits per heavy atom. The van der Waals surface area contributed by atoms with Gasteiger partial charge in [-0.05, 0) is 18.9 Å². The normalized spacial score (nSPS) is 21.8. The standard InChI is InChI=1S/C14H19N5O2/c15-7-11-6-12-9-18(3-4-19(12)17-11)10-14(20)16-8-13-2-1-5-21-13/h6,13H,1-5,8-10H2,(H,16,20)/t13-/m0/s1. The van der Waals surface area contributed by atoms with Crippen LogP contribution in [0.1, 0.15) is 24.2 Å². The molecule has 3 rings (SSSR count). The maximum atomic E-state index is 12.0. The fourth-order valence-electron chi connectivity index (χ4n) is 2.80. The number of aromatic nitrogens is 2. The van der Waals surface area contributed by atoms with Crippen molar-refractivity contribution in [3.05, 3.63) is 17.5 Å². The number of hydrogen-bond acceptors (Lipinski definition) is 5. The van der Waals surface area contributed by atoms with E-state index in [0.717, 1.165) is 38.2 Å². The van der Waals surface area contributed by atoms with E-state index in [-0.39, 0.29) is 12.0 Å². The zero-order valence-corrected chi connectivity index (χ0v) is 11.9. The van der Waals surface area contributed by atoms with Crippen LogP contribution in [-0.2, 0) is 22.6 Å². The van der Waals surface area contributed by atoms with Crippen molar-refractivity contribution >= 4 is 5.91 Å². The molecule has 0 saturated carbocycles. The molecule has 0 unspecified atom stereocenters. The lowest BCUT2D eigenvalue weighted by molar-refractivity contribution is -0.123. The van der Waals surface area contributed by atoms with E-state index in [2.05, 4.69) is 15.3 Å². The van der Waals surface area contributed by atoms with Crippen molar-refractivity contribution in [1.82, 2.24) is 20.0 Å². The van der Waals surface area contributed by atoms with E-state index in [1.807, 2.05) is 10.8 Å². The summed E-state index contributed by atoms with van der Waals surface area (Å²) in [5, 5.41) is 16.0. The van der Waals surface area contributed by atoms with E-state index in [9.17, 15) is 4.79 Å². The third kappa shape index (κ3) is 3.40. The summed E-state index contributed by atoms with van der Waals surface area (Å²) in [7, 11) is 0. The minimum absolute atomic E-state index is 0.0268.